The van der Waals surface area contributed by atoms with Gasteiger partial charge in [0, 0.05) is 18.1 Å². The maximum Gasteiger partial charge on any atom is 0.234 e. The zero-order chi connectivity index (χ0) is 13.7. The molecule has 0 spiro atoms. The summed E-state index contributed by atoms with van der Waals surface area (Å²) in [7, 11) is 0. The normalized spacial score (nSPS) is 24.9. The number of carbonyl (C=O) groups is 1. The number of nitrogens with two attached hydrogens (primary N) is 1. The Morgan fingerprint density at radius 3 is 2.56 bits per heavy atom. The summed E-state index contributed by atoms with van der Waals surface area (Å²) in [6.07, 6.45) is 3.52. The number of amides is 1. The lowest BCUT2D eigenvalue weighted by Gasteiger charge is -2.37. The maximum atomic E-state index is 12.0. The van der Waals surface area contributed by atoms with Gasteiger partial charge in [0.1, 0.15) is 0 Å². The van der Waals surface area contributed by atoms with Gasteiger partial charge in [-0.2, -0.15) is 0 Å². The van der Waals surface area contributed by atoms with Gasteiger partial charge in [0.15, 0.2) is 0 Å². The number of likely N-dealkylation sites (tertiary alicyclic amines) is 1. The second-order valence-electron chi connectivity index (χ2n) is 5.99. The summed E-state index contributed by atoms with van der Waals surface area (Å²) in [6.45, 7) is 9.83. The van der Waals surface area contributed by atoms with Crippen LogP contribution in [0.5, 0.6) is 0 Å². The molecule has 1 aliphatic heterocycles. The number of nitrogens with zero attached hydrogens (tertiary/aromatic N) is 1. The Morgan fingerprint density at radius 1 is 1.33 bits per heavy atom. The molecule has 4 nitrogen and oxygen atoms in total. The molecule has 3 unspecified atom stereocenters. The van der Waals surface area contributed by atoms with E-state index in [0.717, 1.165) is 13.0 Å². The molecule has 3 atom stereocenters. The van der Waals surface area contributed by atoms with E-state index in [0.29, 0.717) is 18.5 Å². The number of hydrogen-bond acceptors (Lipinski definition) is 3. The average Bonchev–Trinajstić information content (AvgIpc) is 2.28. The van der Waals surface area contributed by atoms with Crippen molar-refractivity contribution in [3.8, 4) is 0 Å². The molecule has 1 heterocycles. The Kier molecular flexibility index (Phi) is 6.09. The average molecular weight is 255 g/mol. The summed E-state index contributed by atoms with van der Waals surface area (Å²) < 4.78 is 0. The number of nitrogens with one attached hydrogen (secondary N) is 1. The molecule has 0 aromatic rings. The van der Waals surface area contributed by atoms with Crippen molar-refractivity contribution in [2.75, 3.05) is 13.1 Å². The van der Waals surface area contributed by atoms with Gasteiger partial charge in [0.05, 0.1) is 6.54 Å². The molecule has 0 radical (unpaired) electrons. The molecule has 1 fully saturated rings. The summed E-state index contributed by atoms with van der Waals surface area (Å²) in [5.74, 6) is 0.600. The van der Waals surface area contributed by atoms with Gasteiger partial charge in [0.2, 0.25) is 5.91 Å². The van der Waals surface area contributed by atoms with Crippen molar-refractivity contribution in [2.24, 2.45) is 11.7 Å². The first kappa shape index (κ1) is 15.4. The molecule has 1 aliphatic rings. The quantitative estimate of drug-likeness (QED) is 0.779. The van der Waals surface area contributed by atoms with Crippen molar-refractivity contribution in [1.29, 1.82) is 0 Å². The smallest absolute Gasteiger partial charge is 0.234 e. The summed E-state index contributed by atoms with van der Waals surface area (Å²) in [6, 6.07) is 0.732. The summed E-state index contributed by atoms with van der Waals surface area (Å²) in [5.41, 5.74) is 6.01. The second-order valence-corrected chi connectivity index (χ2v) is 5.99. The molecular weight excluding hydrogens is 226 g/mol. The van der Waals surface area contributed by atoms with E-state index < -0.39 is 0 Å². The van der Waals surface area contributed by atoms with Crippen LogP contribution in [0.15, 0.2) is 0 Å². The molecule has 0 bridgehead atoms. The predicted molar refractivity (Wildman–Crippen MR) is 75.3 cm³/mol. The van der Waals surface area contributed by atoms with Crippen LogP contribution in [-0.2, 0) is 4.79 Å². The first-order valence-corrected chi connectivity index (χ1v) is 7.20. The fourth-order valence-corrected chi connectivity index (χ4v) is 2.46. The van der Waals surface area contributed by atoms with Crippen molar-refractivity contribution in [3.63, 3.8) is 0 Å². The van der Waals surface area contributed by atoms with Crippen LogP contribution in [0, 0.1) is 5.92 Å². The topological polar surface area (TPSA) is 58.4 Å². The molecule has 4 heteroatoms. The van der Waals surface area contributed by atoms with Gasteiger partial charge in [-0.1, -0.05) is 20.3 Å². The molecule has 1 rings (SSSR count). The Labute approximate surface area is 111 Å². The van der Waals surface area contributed by atoms with E-state index in [1.807, 2.05) is 6.92 Å². The third-order valence-corrected chi connectivity index (χ3v) is 4.01. The Bertz CT molecular complexity index is 266. The van der Waals surface area contributed by atoms with Gasteiger partial charge in [0.25, 0.3) is 0 Å². The van der Waals surface area contributed by atoms with Crippen LogP contribution in [-0.4, -0.2) is 42.0 Å². The third kappa shape index (κ3) is 4.58. The van der Waals surface area contributed by atoms with E-state index in [-0.39, 0.29) is 18.0 Å². The van der Waals surface area contributed by atoms with Crippen LogP contribution >= 0.6 is 0 Å². The molecule has 1 amide bonds. The maximum absolute atomic E-state index is 12.0. The first-order chi connectivity index (χ1) is 8.41. The summed E-state index contributed by atoms with van der Waals surface area (Å²) >= 11 is 0. The monoisotopic (exact) mass is 255 g/mol. The van der Waals surface area contributed by atoms with Gasteiger partial charge >= 0.3 is 0 Å². The third-order valence-electron chi connectivity index (χ3n) is 4.01. The predicted octanol–water partition coefficient (Wildman–Crippen LogP) is 1.35. The van der Waals surface area contributed by atoms with Crippen LogP contribution in [0.3, 0.4) is 0 Å². The first-order valence-electron chi connectivity index (χ1n) is 7.20. The molecule has 106 valence electrons. The van der Waals surface area contributed by atoms with Crippen LogP contribution in [0.1, 0.15) is 47.0 Å². The van der Waals surface area contributed by atoms with Crippen LogP contribution in [0.2, 0.25) is 0 Å². The lowest BCUT2D eigenvalue weighted by Crippen LogP contribution is -2.53. The molecule has 0 aliphatic carbocycles. The van der Waals surface area contributed by atoms with Crippen LogP contribution in [0.25, 0.3) is 0 Å². The minimum atomic E-state index is 0.128. The lowest BCUT2D eigenvalue weighted by atomic mass is 9.97. The number of rotatable bonds is 5. The fraction of sp³-hybridized carbons (Fsp3) is 0.929. The fourth-order valence-electron chi connectivity index (χ4n) is 2.46. The lowest BCUT2D eigenvalue weighted by molar-refractivity contribution is -0.124. The number of piperidine rings is 1. The van der Waals surface area contributed by atoms with Gasteiger partial charge in [-0.15, -0.1) is 0 Å². The highest BCUT2D eigenvalue weighted by molar-refractivity contribution is 5.78. The van der Waals surface area contributed by atoms with E-state index in [2.05, 4.69) is 31.0 Å². The second kappa shape index (κ2) is 7.10. The Hall–Kier alpha value is -0.610. The van der Waals surface area contributed by atoms with E-state index >= 15 is 0 Å². The molecule has 3 N–H and O–H groups in total. The molecule has 18 heavy (non-hydrogen) atoms. The SMILES string of the molecule is CC(C)C(C)NC(=O)CN1CCCCC1C(C)N. The minimum Gasteiger partial charge on any atom is -0.352 e. The van der Waals surface area contributed by atoms with Crippen LogP contribution < -0.4 is 11.1 Å². The van der Waals surface area contributed by atoms with Gasteiger partial charge in [-0.3, -0.25) is 9.69 Å². The largest absolute Gasteiger partial charge is 0.352 e. The number of hydrogen-bond donors (Lipinski definition) is 2. The zero-order valence-corrected chi connectivity index (χ0v) is 12.3. The van der Waals surface area contributed by atoms with Crippen molar-refractivity contribution in [3.05, 3.63) is 0 Å². The summed E-state index contributed by atoms with van der Waals surface area (Å²) in [5, 5.41) is 3.06. The highest BCUT2D eigenvalue weighted by atomic mass is 16.2. The van der Waals surface area contributed by atoms with Gasteiger partial charge < -0.3 is 11.1 Å². The molecule has 0 aromatic carbocycles. The van der Waals surface area contributed by atoms with E-state index in [9.17, 15) is 4.79 Å². The Morgan fingerprint density at radius 2 is 2.00 bits per heavy atom. The van der Waals surface area contributed by atoms with Gasteiger partial charge in [-0.05, 0) is 39.2 Å². The highest BCUT2D eigenvalue weighted by Gasteiger charge is 2.27. The molecule has 1 saturated heterocycles. The van der Waals surface area contributed by atoms with E-state index in [1.165, 1.54) is 12.8 Å². The summed E-state index contributed by atoms with van der Waals surface area (Å²) in [4.78, 5) is 14.2. The van der Waals surface area contributed by atoms with E-state index in [1.54, 1.807) is 0 Å². The molecule has 0 aromatic heterocycles. The molecular formula is C14H29N3O. The van der Waals surface area contributed by atoms with Crippen molar-refractivity contribution >= 4 is 5.91 Å². The zero-order valence-electron chi connectivity index (χ0n) is 12.3. The molecule has 0 saturated carbocycles. The standard InChI is InChI=1S/C14H29N3O/c1-10(2)12(4)16-14(18)9-17-8-6-5-7-13(17)11(3)15/h10-13H,5-9,15H2,1-4H3,(H,16,18). The van der Waals surface area contributed by atoms with Crippen LogP contribution in [0.4, 0.5) is 0 Å². The Balaban J connectivity index is 2.46. The van der Waals surface area contributed by atoms with Gasteiger partial charge in [-0.25, -0.2) is 0 Å². The van der Waals surface area contributed by atoms with Crippen molar-refractivity contribution in [1.82, 2.24) is 10.2 Å². The van der Waals surface area contributed by atoms with Crippen molar-refractivity contribution < 1.29 is 4.79 Å². The minimum absolute atomic E-state index is 0.128. The van der Waals surface area contributed by atoms with Crippen molar-refractivity contribution in [2.45, 2.75) is 65.1 Å². The number of carbonyl (C=O) groups excluding carboxylic acids is 1. The van der Waals surface area contributed by atoms with E-state index in [4.69, 9.17) is 5.73 Å². The highest BCUT2D eigenvalue weighted by Crippen LogP contribution is 2.18.